The van der Waals surface area contributed by atoms with E-state index in [1.807, 2.05) is 44.2 Å². The summed E-state index contributed by atoms with van der Waals surface area (Å²) in [6.07, 6.45) is -3.19. The summed E-state index contributed by atoms with van der Waals surface area (Å²) in [5, 5.41) is 4.20. The minimum atomic E-state index is -4.56. The number of fused-ring (bicyclic) bond motifs is 1. The molecule has 43 heavy (non-hydrogen) atoms. The summed E-state index contributed by atoms with van der Waals surface area (Å²) in [4.78, 5) is 45.9. The zero-order valence-electron chi connectivity index (χ0n) is 24.2. The van der Waals surface area contributed by atoms with Gasteiger partial charge in [-0.05, 0) is 49.6 Å². The Morgan fingerprint density at radius 2 is 1.74 bits per heavy atom. The summed E-state index contributed by atoms with van der Waals surface area (Å²) in [5.41, 5.74) is 5.60. The first kappa shape index (κ1) is 31.5. The average molecular weight is 598 g/mol. The van der Waals surface area contributed by atoms with Crippen LogP contribution in [0.15, 0.2) is 63.9 Å². The summed E-state index contributed by atoms with van der Waals surface area (Å²) < 4.78 is 46.6. The Bertz CT molecular complexity index is 1630. The Kier molecular flexibility index (Phi) is 9.67. The number of nitrogens with zero attached hydrogens (tertiary/aromatic N) is 4. The molecule has 2 N–H and O–H groups in total. The van der Waals surface area contributed by atoms with Crippen LogP contribution in [0.3, 0.4) is 0 Å². The van der Waals surface area contributed by atoms with E-state index in [2.05, 4.69) is 5.16 Å². The Balaban J connectivity index is 1.85. The molecule has 0 aliphatic carbocycles. The second-order valence-corrected chi connectivity index (χ2v) is 10.5. The normalized spacial score (nSPS) is 13.2. The van der Waals surface area contributed by atoms with Crippen LogP contribution in [0, 0.1) is 6.92 Å². The molecule has 4 rings (SSSR count). The van der Waals surface area contributed by atoms with Crippen molar-refractivity contribution in [1.82, 2.24) is 19.6 Å². The lowest BCUT2D eigenvalue weighted by Gasteiger charge is -2.37. The predicted molar refractivity (Wildman–Crippen MR) is 154 cm³/mol. The van der Waals surface area contributed by atoms with Gasteiger partial charge in [0.2, 0.25) is 5.91 Å². The molecule has 228 valence electrons. The first-order chi connectivity index (χ1) is 20.5. The SMILES string of the molecule is CCCC(C(CC)c1nc2onc(C)c2c(=O)n1Cc1ccccc1)N(CCC(N)=O)C(=O)c1ccc(C(F)(F)F)cc1. The molecule has 0 aliphatic heterocycles. The summed E-state index contributed by atoms with van der Waals surface area (Å²) in [6, 6.07) is 12.7. The quantitative estimate of drug-likeness (QED) is 0.232. The van der Waals surface area contributed by atoms with Crippen LogP contribution >= 0.6 is 0 Å². The fraction of sp³-hybridized carbons (Fsp3) is 0.387. The molecule has 2 aromatic carbocycles. The summed E-state index contributed by atoms with van der Waals surface area (Å²) >= 11 is 0. The number of carbonyl (C=O) groups excluding carboxylic acids is 2. The second kappa shape index (κ2) is 13.2. The molecule has 0 bridgehead atoms. The molecule has 12 heteroatoms. The molecule has 0 radical (unpaired) electrons. The minimum Gasteiger partial charge on any atom is -0.370 e. The van der Waals surface area contributed by atoms with E-state index >= 15 is 0 Å². The molecule has 2 amide bonds. The van der Waals surface area contributed by atoms with Crippen LogP contribution < -0.4 is 11.3 Å². The van der Waals surface area contributed by atoms with Crippen LogP contribution in [0.1, 0.15) is 78.5 Å². The number of carbonyl (C=O) groups is 2. The van der Waals surface area contributed by atoms with Gasteiger partial charge in [-0.2, -0.15) is 18.2 Å². The van der Waals surface area contributed by atoms with Gasteiger partial charge in [0, 0.05) is 30.5 Å². The minimum absolute atomic E-state index is 0.0318. The lowest BCUT2D eigenvalue weighted by molar-refractivity contribution is -0.137. The molecule has 4 aromatic rings. The van der Waals surface area contributed by atoms with E-state index in [0.717, 1.165) is 29.8 Å². The number of nitrogens with two attached hydrogens (primary N) is 1. The van der Waals surface area contributed by atoms with Gasteiger partial charge in [0.15, 0.2) is 0 Å². The predicted octanol–water partition coefficient (Wildman–Crippen LogP) is 5.44. The highest BCUT2D eigenvalue weighted by Crippen LogP contribution is 2.33. The number of hydrogen-bond acceptors (Lipinski definition) is 6. The Labute approximate surface area is 246 Å². The van der Waals surface area contributed by atoms with Crippen LogP contribution in [0.2, 0.25) is 0 Å². The van der Waals surface area contributed by atoms with Crippen molar-refractivity contribution in [2.24, 2.45) is 5.73 Å². The van der Waals surface area contributed by atoms with Crippen molar-refractivity contribution in [1.29, 1.82) is 0 Å². The number of rotatable bonds is 12. The van der Waals surface area contributed by atoms with Gasteiger partial charge in [-0.25, -0.2) is 0 Å². The third kappa shape index (κ3) is 6.95. The lowest BCUT2D eigenvalue weighted by Crippen LogP contribution is -2.46. The Morgan fingerprint density at radius 1 is 1.07 bits per heavy atom. The molecule has 0 saturated heterocycles. The molecule has 0 fully saturated rings. The maximum Gasteiger partial charge on any atom is 0.416 e. The fourth-order valence-corrected chi connectivity index (χ4v) is 5.40. The third-order valence-corrected chi connectivity index (χ3v) is 7.52. The van der Waals surface area contributed by atoms with Gasteiger partial charge < -0.3 is 15.2 Å². The van der Waals surface area contributed by atoms with E-state index in [9.17, 15) is 27.6 Å². The van der Waals surface area contributed by atoms with Crippen molar-refractivity contribution in [2.75, 3.05) is 6.54 Å². The molecule has 2 heterocycles. The highest BCUT2D eigenvalue weighted by atomic mass is 19.4. The van der Waals surface area contributed by atoms with Gasteiger partial charge in [-0.1, -0.05) is 55.8 Å². The number of amides is 2. The number of benzene rings is 2. The van der Waals surface area contributed by atoms with E-state index in [-0.39, 0.29) is 41.7 Å². The van der Waals surface area contributed by atoms with Gasteiger partial charge >= 0.3 is 6.18 Å². The number of halogens is 3. The topological polar surface area (TPSA) is 124 Å². The van der Waals surface area contributed by atoms with E-state index in [1.54, 1.807) is 11.5 Å². The standard InChI is InChI=1S/C31H34F3N5O4/c1-4-9-24(38(17-16-25(35)40)29(41)21-12-14-22(15-13-21)31(32,33)34)23(5-2)27-36-28-26(19(3)37-43-28)30(42)39(27)18-20-10-7-6-8-11-20/h6-8,10-15,23-24H,4-5,9,16-18H2,1-3H3,(H2,35,40). The molecule has 2 atom stereocenters. The van der Waals surface area contributed by atoms with Crippen molar-refractivity contribution >= 4 is 22.9 Å². The molecule has 0 saturated carbocycles. The Hall–Kier alpha value is -4.48. The van der Waals surface area contributed by atoms with E-state index in [0.29, 0.717) is 30.8 Å². The van der Waals surface area contributed by atoms with E-state index in [4.69, 9.17) is 15.2 Å². The van der Waals surface area contributed by atoms with Crippen LogP contribution in [-0.4, -0.2) is 44.0 Å². The van der Waals surface area contributed by atoms with Crippen LogP contribution in [0.4, 0.5) is 13.2 Å². The highest BCUT2D eigenvalue weighted by molar-refractivity contribution is 5.94. The Morgan fingerprint density at radius 3 is 2.33 bits per heavy atom. The maximum atomic E-state index is 13.9. The smallest absolute Gasteiger partial charge is 0.370 e. The highest BCUT2D eigenvalue weighted by Gasteiger charge is 2.35. The van der Waals surface area contributed by atoms with Crippen LogP contribution in [0.25, 0.3) is 11.1 Å². The van der Waals surface area contributed by atoms with Gasteiger partial charge in [-0.15, -0.1) is 0 Å². The van der Waals surface area contributed by atoms with Crippen molar-refractivity contribution in [3.63, 3.8) is 0 Å². The molecule has 2 unspecified atom stereocenters. The molecule has 0 aliphatic rings. The molecular weight excluding hydrogens is 563 g/mol. The second-order valence-electron chi connectivity index (χ2n) is 10.5. The zero-order valence-corrected chi connectivity index (χ0v) is 24.2. The van der Waals surface area contributed by atoms with Crippen molar-refractivity contribution in [3.05, 3.63) is 93.2 Å². The van der Waals surface area contributed by atoms with Crippen LogP contribution in [0.5, 0.6) is 0 Å². The average Bonchev–Trinajstić information content (AvgIpc) is 3.35. The summed E-state index contributed by atoms with van der Waals surface area (Å²) in [7, 11) is 0. The van der Waals surface area contributed by atoms with Gasteiger partial charge in [0.1, 0.15) is 11.2 Å². The fourth-order valence-electron chi connectivity index (χ4n) is 5.40. The van der Waals surface area contributed by atoms with Gasteiger partial charge in [0.05, 0.1) is 17.8 Å². The lowest BCUT2D eigenvalue weighted by atomic mass is 9.89. The van der Waals surface area contributed by atoms with Crippen LogP contribution in [-0.2, 0) is 17.5 Å². The van der Waals surface area contributed by atoms with Crippen molar-refractivity contribution < 1.29 is 27.3 Å². The summed E-state index contributed by atoms with van der Waals surface area (Å²) in [6.45, 7) is 5.63. The maximum absolute atomic E-state index is 13.9. The first-order valence-electron chi connectivity index (χ1n) is 14.1. The number of aromatic nitrogens is 3. The number of alkyl halides is 3. The van der Waals surface area contributed by atoms with E-state index < -0.39 is 35.5 Å². The molecule has 0 spiro atoms. The summed E-state index contributed by atoms with van der Waals surface area (Å²) in [5.74, 6) is -1.33. The molecule has 2 aromatic heterocycles. The zero-order chi connectivity index (χ0) is 31.3. The third-order valence-electron chi connectivity index (χ3n) is 7.52. The first-order valence-corrected chi connectivity index (χ1v) is 14.1. The monoisotopic (exact) mass is 597 g/mol. The van der Waals surface area contributed by atoms with Crippen molar-refractivity contribution in [3.8, 4) is 0 Å². The van der Waals surface area contributed by atoms with Gasteiger partial charge in [-0.3, -0.25) is 19.0 Å². The molecule has 9 nitrogen and oxygen atoms in total. The number of primary amides is 1. The largest absolute Gasteiger partial charge is 0.416 e. The van der Waals surface area contributed by atoms with Crippen molar-refractivity contribution in [2.45, 2.75) is 71.1 Å². The van der Waals surface area contributed by atoms with E-state index in [1.165, 1.54) is 4.90 Å². The number of hydrogen-bond donors (Lipinski definition) is 1. The van der Waals surface area contributed by atoms with Gasteiger partial charge in [0.25, 0.3) is 17.2 Å². The molecular formula is C31H34F3N5O4. The number of aryl methyl sites for hydroxylation is 1.